The number of hydrogen-bond donors (Lipinski definition) is 1. The number of halogens is 2. The highest BCUT2D eigenvalue weighted by molar-refractivity contribution is 5.30. The zero-order valence-corrected chi connectivity index (χ0v) is 15.6. The van der Waals surface area contributed by atoms with Crippen molar-refractivity contribution in [3.8, 4) is 5.75 Å². The molecule has 2 fully saturated rings. The monoisotopic (exact) mass is 389 g/mol. The van der Waals surface area contributed by atoms with E-state index in [4.69, 9.17) is 4.74 Å². The van der Waals surface area contributed by atoms with Gasteiger partial charge in [0.1, 0.15) is 5.75 Å². The molecule has 0 radical (unpaired) electrons. The Kier molecular flexibility index (Phi) is 5.62. The fraction of sp³-hybridized carbons (Fsp3) is 0.455. The van der Waals surface area contributed by atoms with E-state index in [9.17, 15) is 13.9 Å². The van der Waals surface area contributed by atoms with Crippen LogP contribution in [0.5, 0.6) is 5.75 Å². The van der Waals surface area contributed by atoms with Crippen molar-refractivity contribution in [1.29, 1.82) is 0 Å². The molecule has 2 aromatic carbocycles. The summed E-state index contributed by atoms with van der Waals surface area (Å²) in [6, 6.07) is 17.2. The number of nitrogens with zero attached hydrogens (tertiary/aromatic N) is 1. The molecule has 4 rings (SSSR count). The minimum atomic E-state index is -2.85. The molecule has 1 N–H and O–H groups in total. The molecular weight excluding hydrogens is 364 g/mol. The van der Waals surface area contributed by atoms with Gasteiger partial charge in [-0.1, -0.05) is 42.5 Å². The first-order valence-corrected chi connectivity index (χ1v) is 9.64. The molecule has 2 bridgehead atoms. The highest BCUT2D eigenvalue weighted by atomic mass is 19.3. The molecule has 0 spiro atoms. The van der Waals surface area contributed by atoms with E-state index in [-0.39, 0.29) is 17.8 Å². The standard InChI is InChI=1S/C22H25F2NO3/c23-21(24)28-20-8-4-7-17(9-20)10-22(26)11-18-14-27-15-19(12-22)25(18)13-16-5-2-1-3-6-16/h1-9,18-19,21,26H,10-15H2. The van der Waals surface area contributed by atoms with Crippen LogP contribution in [0.25, 0.3) is 0 Å². The maximum atomic E-state index is 12.5. The van der Waals surface area contributed by atoms with Crippen LogP contribution in [0, 0.1) is 0 Å². The largest absolute Gasteiger partial charge is 0.435 e. The fourth-order valence-electron chi connectivity index (χ4n) is 4.55. The summed E-state index contributed by atoms with van der Waals surface area (Å²) in [5, 5.41) is 11.3. The van der Waals surface area contributed by atoms with E-state index < -0.39 is 12.2 Å². The summed E-state index contributed by atoms with van der Waals surface area (Å²) in [4.78, 5) is 2.43. The Balaban J connectivity index is 1.47. The SMILES string of the molecule is OC1(Cc2cccc(OC(F)F)c2)CC2COCC(C1)N2Cc1ccccc1. The molecule has 6 heteroatoms. The molecule has 2 aliphatic rings. The molecule has 150 valence electrons. The zero-order chi connectivity index (χ0) is 19.6. The Morgan fingerprint density at radius 2 is 1.71 bits per heavy atom. The number of morpholine rings is 1. The molecule has 2 heterocycles. The summed E-state index contributed by atoms with van der Waals surface area (Å²) in [5.74, 6) is 0.126. The highest BCUT2D eigenvalue weighted by Crippen LogP contribution is 2.37. The van der Waals surface area contributed by atoms with E-state index >= 15 is 0 Å². The maximum Gasteiger partial charge on any atom is 0.387 e. The molecule has 0 aliphatic carbocycles. The van der Waals surface area contributed by atoms with Gasteiger partial charge in [0.05, 0.1) is 18.8 Å². The fourth-order valence-corrected chi connectivity index (χ4v) is 4.55. The molecule has 28 heavy (non-hydrogen) atoms. The summed E-state index contributed by atoms with van der Waals surface area (Å²) >= 11 is 0. The van der Waals surface area contributed by atoms with E-state index in [1.165, 1.54) is 11.6 Å². The van der Waals surface area contributed by atoms with E-state index in [0.29, 0.717) is 32.5 Å². The number of aliphatic hydroxyl groups is 1. The second-order valence-electron chi connectivity index (χ2n) is 7.84. The lowest BCUT2D eigenvalue weighted by Crippen LogP contribution is -2.61. The predicted molar refractivity (Wildman–Crippen MR) is 101 cm³/mol. The number of alkyl halides is 2. The van der Waals surface area contributed by atoms with Gasteiger partial charge in [0.25, 0.3) is 0 Å². The number of hydrogen-bond acceptors (Lipinski definition) is 4. The predicted octanol–water partition coefficient (Wildman–Crippen LogP) is 3.63. The summed E-state index contributed by atoms with van der Waals surface area (Å²) in [7, 11) is 0. The Morgan fingerprint density at radius 1 is 1.04 bits per heavy atom. The number of fused-ring (bicyclic) bond motifs is 2. The number of rotatable bonds is 6. The van der Waals surface area contributed by atoms with Crippen LogP contribution >= 0.6 is 0 Å². The van der Waals surface area contributed by atoms with Crippen LogP contribution in [-0.4, -0.2) is 47.5 Å². The van der Waals surface area contributed by atoms with E-state index in [1.807, 2.05) is 24.3 Å². The molecule has 4 nitrogen and oxygen atoms in total. The molecule has 0 aromatic heterocycles. The Labute approximate surface area is 163 Å². The molecule has 2 aromatic rings. The smallest absolute Gasteiger partial charge is 0.387 e. The van der Waals surface area contributed by atoms with E-state index in [0.717, 1.165) is 12.1 Å². The average Bonchev–Trinajstić information content (AvgIpc) is 2.63. The summed E-state index contributed by atoms with van der Waals surface area (Å²) < 4.78 is 35.2. The van der Waals surface area contributed by atoms with Gasteiger partial charge in [-0.2, -0.15) is 8.78 Å². The Bertz CT molecular complexity index is 772. The van der Waals surface area contributed by atoms with E-state index in [1.54, 1.807) is 12.1 Å². The van der Waals surface area contributed by atoms with Gasteiger partial charge in [-0.05, 0) is 36.1 Å². The number of ether oxygens (including phenoxy) is 2. The minimum Gasteiger partial charge on any atom is -0.435 e. The van der Waals surface area contributed by atoms with Crippen molar-refractivity contribution in [2.75, 3.05) is 13.2 Å². The normalized spacial score (nSPS) is 27.7. The summed E-state index contributed by atoms with van der Waals surface area (Å²) in [6.45, 7) is -0.815. The van der Waals surface area contributed by atoms with Gasteiger partial charge in [0.2, 0.25) is 0 Å². The van der Waals surface area contributed by atoms with Crippen molar-refractivity contribution in [1.82, 2.24) is 4.90 Å². The molecule has 0 saturated carbocycles. The third-order valence-corrected chi connectivity index (χ3v) is 5.65. The quantitative estimate of drug-likeness (QED) is 0.819. The Hall–Kier alpha value is -2.02. The summed E-state index contributed by atoms with van der Waals surface area (Å²) in [6.07, 6.45) is 1.60. The second-order valence-corrected chi connectivity index (χ2v) is 7.84. The third kappa shape index (κ3) is 4.51. The van der Waals surface area contributed by atoms with Crippen LogP contribution in [0.2, 0.25) is 0 Å². The van der Waals surface area contributed by atoms with Crippen molar-refractivity contribution in [2.45, 2.75) is 50.1 Å². The van der Waals surface area contributed by atoms with Gasteiger partial charge < -0.3 is 14.6 Å². The minimum absolute atomic E-state index is 0.126. The van der Waals surface area contributed by atoms with E-state index in [2.05, 4.69) is 21.8 Å². The Morgan fingerprint density at radius 3 is 2.39 bits per heavy atom. The van der Waals surface area contributed by atoms with Crippen LogP contribution in [0.3, 0.4) is 0 Å². The maximum absolute atomic E-state index is 12.5. The van der Waals surface area contributed by atoms with Crippen LogP contribution in [-0.2, 0) is 17.7 Å². The topological polar surface area (TPSA) is 41.9 Å². The van der Waals surface area contributed by atoms with Gasteiger partial charge in [0.15, 0.2) is 0 Å². The van der Waals surface area contributed by atoms with Crippen LogP contribution in [0.15, 0.2) is 54.6 Å². The van der Waals surface area contributed by atoms with Gasteiger partial charge in [-0.3, -0.25) is 4.90 Å². The number of piperidine rings is 1. The molecule has 2 saturated heterocycles. The van der Waals surface area contributed by atoms with Crippen molar-refractivity contribution in [2.24, 2.45) is 0 Å². The first-order chi connectivity index (χ1) is 13.5. The summed E-state index contributed by atoms with van der Waals surface area (Å²) in [5.41, 5.74) is 1.17. The lowest BCUT2D eigenvalue weighted by molar-refractivity contribution is -0.145. The first-order valence-electron chi connectivity index (χ1n) is 9.64. The molecule has 2 atom stereocenters. The van der Waals surface area contributed by atoms with Gasteiger partial charge in [-0.15, -0.1) is 0 Å². The molecule has 0 amide bonds. The first kappa shape index (κ1) is 19.3. The van der Waals surface area contributed by atoms with Crippen molar-refractivity contribution in [3.63, 3.8) is 0 Å². The number of benzene rings is 2. The second kappa shape index (κ2) is 8.15. The molecule has 2 unspecified atom stereocenters. The van der Waals surface area contributed by atoms with Gasteiger partial charge in [-0.25, -0.2) is 0 Å². The molecular formula is C22H25F2NO3. The average molecular weight is 389 g/mol. The van der Waals surface area contributed by atoms with Crippen molar-refractivity contribution in [3.05, 3.63) is 65.7 Å². The van der Waals surface area contributed by atoms with Crippen LogP contribution in [0.1, 0.15) is 24.0 Å². The van der Waals surface area contributed by atoms with Crippen molar-refractivity contribution >= 4 is 0 Å². The lowest BCUT2D eigenvalue weighted by atomic mass is 9.77. The van der Waals surface area contributed by atoms with Crippen LogP contribution < -0.4 is 4.74 Å². The molecule has 2 aliphatic heterocycles. The van der Waals surface area contributed by atoms with Gasteiger partial charge in [0, 0.05) is 25.0 Å². The van der Waals surface area contributed by atoms with Gasteiger partial charge >= 0.3 is 6.61 Å². The highest BCUT2D eigenvalue weighted by Gasteiger charge is 2.45. The third-order valence-electron chi connectivity index (χ3n) is 5.65. The lowest BCUT2D eigenvalue weighted by Gasteiger charge is -2.52. The van der Waals surface area contributed by atoms with Crippen LogP contribution in [0.4, 0.5) is 8.78 Å². The zero-order valence-electron chi connectivity index (χ0n) is 15.6. The van der Waals surface area contributed by atoms with Crippen molar-refractivity contribution < 1.29 is 23.4 Å².